The van der Waals surface area contributed by atoms with Gasteiger partial charge in [0.1, 0.15) is 5.82 Å². The van der Waals surface area contributed by atoms with Gasteiger partial charge in [-0.1, -0.05) is 49.2 Å². The zero-order valence-corrected chi connectivity index (χ0v) is 12.1. The summed E-state index contributed by atoms with van der Waals surface area (Å²) in [7, 11) is 0. The third-order valence-corrected chi connectivity index (χ3v) is 3.51. The van der Waals surface area contributed by atoms with E-state index in [0.717, 1.165) is 18.4 Å². The number of Topliss-reactive ketones (excluding diaryl/α,β-unsaturated/α-hetero) is 1. The molecule has 0 atom stereocenters. The normalized spacial score (nSPS) is 10.6. The Balaban J connectivity index is 2.17. The van der Waals surface area contributed by atoms with Gasteiger partial charge >= 0.3 is 0 Å². The summed E-state index contributed by atoms with van der Waals surface area (Å²) in [6.45, 7) is 2.10. The molecule has 0 aliphatic carbocycles. The largest absolute Gasteiger partial charge is 0.294 e. The molecule has 2 rings (SSSR count). The van der Waals surface area contributed by atoms with Crippen molar-refractivity contribution in [2.24, 2.45) is 0 Å². The highest BCUT2D eigenvalue weighted by atomic mass is 35.5. The average Bonchev–Trinajstić information content (AvgIpc) is 2.42. The molecule has 0 saturated heterocycles. The minimum Gasteiger partial charge on any atom is -0.294 e. The van der Waals surface area contributed by atoms with E-state index in [1.165, 1.54) is 12.1 Å². The lowest BCUT2D eigenvalue weighted by Crippen LogP contribution is -2.05. The van der Waals surface area contributed by atoms with Crippen molar-refractivity contribution in [3.05, 3.63) is 70.0 Å². The maximum absolute atomic E-state index is 13.0. The minimum atomic E-state index is -0.392. The van der Waals surface area contributed by atoms with Crippen LogP contribution in [0.1, 0.15) is 34.8 Å². The van der Waals surface area contributed by atoms with Crippen molar-refractivity contribution in [3.8, 4) is 0 Å². The van der Waals surface area contributed by atoms with E-state index >= 15 is 0 Å². The summed E-state index contributed by atoms with van der Waals surface area (Å²) >= 11 is 5.95. The lowest BCUT2D eigenvalue weighted by Gasteiger charge is -2.06. The summed E-state index contributed by atoms with van der Waals surface area (Å²) in [6, 6.07) is 11.8. The zero-order chi connectivity index (χ0) is 14.5. The molecule has 0 spiro atoms. The monoisotopic (exact) mass is 290 g/mol. The molecular weight excluding hydrogens is 275 g/mol. The van der Waals surface area contributed by atoms with Gasteiger partial charge in [0, 0.05) is 17.0 Å². The molecule has 1 nitrogen and oxygen atoms in total. The number of carbonyl (C=O) groups excluding carboxylic acids is 1. The molecule has 0 heterocycles. The standard InChI is InChI=1S/C17H16ClFO/c1-2-4-12-5-3-6-14(9-12)17(20)10-13-7-8-15(19)11-16(13)18/h3,5-9,11H,2,4,10H2,1H3. The molecule has 0 N–H and O–H groups in total. The van der Waals surface area contributed by atoms with Crippen molar-refractivity contribution in [2.75, 3.05) is 0 Å². The summed E-state index contributed by atoms with van der Waals surface area (Å²) in [4.78, 5) is 12.3. The van der Waals surface area contributed by atoms with Gasteiger partial charge in [0.05, 0.1) is 0 Å². The second-order valence-electron chi connectivity index (χ2n) is 4.79. The Bertz CT molecular complexity index is 622. The second kappa shape index (κ2) is 6.67. The quantitative estimate of drug-likeness (QED) is 0.719. The molecule has 0 radical (unpaired) electrons. The molecule has 0 saturated carbocycles. The fraction of sp³-hybridized carbons (Fsp3) is 0.235. The van der Waals surface area contributed by atoms with Crippen LogP contribution < -0.4 is 0 Å². The van der Waals surface area contributed by atoms with Gasteiger partial charge in [0.25, 0.3) is 0 Å². The lowest BCUT2D eigenvalue weighted by atomic mass is 10.00. The third-order valence-electron chi connectivity index (χ3n) is 3.15. The van der Waals surface area contributed by atoms with Gasteiger partial charge < -0.3 is 0 Å². The van der Waals surface area contributed by atoms with E-state index in [1.54, 1.807) is 12.1 Å². The number of hydrogen-bond donors (Lipinski definition) is 0. The Kier molecular flexibility index (Phi) is 4.91. The van der Waals surface area contributed by atoms with Crippen LogP contribution in [-0.2, 0) is 12.8 Å². The van der Waals surface area contributed by atoms with Gasteiger partial charge in [-0.05, 0) is 35.7 Å². The van der Waals surface area contributed by atoms with E-state index in [2.05, 4.69) is 6.92 Å². The van der Waals surface area contributed by atoms with Crippen LogP contribution in [0.2, 0.25) is 5.02 Å². The van der Waals surface area contributed by atoms with Crippen molar-refractivity contribution < 1.29 is 9.18 Å². The first-order valence-electron chi connectivity index (χ1n) is 6.66. The van der Waals surface area contributed by atoms with E-state index in [1.807, 2.05) is 18.2 Å². The maximum atomic E-state index is 13.0. The number of ketones is 1. The van der Waals surface area contributed by atoms with Gasteiger partial charge in [-0.3, -0.25) is 4.79 Å². The Hall–Kier alpha value is -1.67. The molecule has 0 aliphatic rings. The first kappa shape index (κ1) is 14.7. The SMILES string of the molecule is CCCc1cccc(C(=O)Cc2ccc(F)cc2Cl)c1. The van der Waals surface area contributed by atoms with Gasteiger partial charge in [-0.25, -0.2) is 4.39 Å². The summed E-state index contributed by atoms with van der Waals surface area (Å²) in [5, 5.41) is 0.295. The molecule has 2 aromatic rings. The van der Waals surface area contributed by atoms with Crippen LogP contribution in [0, 0.1) is 5.82 Å². The Labute approximate surface area is 123 Å². The molecule has 2 aromatic carbocycles. The molecule has 0 bridgehead atoms. The van der Waals surface area contributed by atoms with Crippen molar-refractivity contribution in [1.82, 2.24) is 0 Å². The fourth-order valence-corrected chi connectivity index (χ4v) is 2.36. The molecule has 0 aliphatic heterocycles. The summed E-state index contributed by atoms with van der Waals surface area (Å²) in [6.07, 6.45) is 2.19. The van der Waals surface area contributed by atoms with Gasteiger partial charge in [0.2, 0.25) is 0 Å². The van der Waals surface area contributed by atoms with Gasteiger partial charge in [0.15, 0.2) is 5.78 Å². The van der Waals surface area contributed by atoms with Crippen LogP contribution in [0.25, 0.3) is 0 Å². The van der Waals surface area contributed by atoms with Crippen molar-refractivity contribution in [1.29, 1.82) is 0 Å². The molecule has 0 unspecified atom stereocenters. The molecule has 104 valence electrons. The van der Waals surface area contributed by atoms with Crippen molar-refractivity contribution in [3.63, 3.8) is 0 Å². The summed E-state index contributed by atoms with van der Waals surface area (Å²) < 4.78 is 13.0. The van der Waals surface area contributed by atoms with E-state index in [9.17, 15) is 9.18 Å². The summed E-state index contributed by atoms with van der Waals surface area (Å²) in [5.74, 6) is -0.396. The van der Waals surface area contributed by atoms with Gasteiger partial charge in [-0.2, -0.15) is 0 Å². The van der Waals surface area contributed by atoms with Crippen LogP contribution >= 0.6 is 11.6 Å². The Morgan fingerprint density at radius 1 is 1.20 bits per heavy atom. The Morgan fingerprint density at radius 3 is 2.70 bits per heavy atom. The predicted molar refractivity (Wildman–Crippen MR) is 79.9 cm³/mol. The first-order valence-corrected chi connectivity index (χ1v) is 7.04. The molecule has 0 amide bonds. The van der Waals surface area contributed by atoms with E-state index in [4.69, 9.17) is 11.6 Å². The second-order valence-corrected chi connectivity index (χ2v) is 5.19. The highest BCUT2D eigenvalue weighted by molar-refractivity contribution is 6.31. The molecule has 3 heteroatoms. The van der Waals surface area contributed by atoms with Crippen LogP contribution in [0.5, 0.6) is 0 Å². The Morgan fingerprint density at radius 2 is 2.00 bits per heavy atom. The van der Waals surface area contributed by atoms with E-state index in [0.29, 0.717) is 16.1 Å². The first-order chi connectivity index (χ1) is 9.60. The van der Waals surface area contributed by atoms with Crippen molar-refractivity contribution in [2.45, 2.75) is 26.2 Å². The number of halogens is 2. The number of benzene rings is 2. The number of aryl methyl sites for hydroxylation is 1. The number of hydrogen-bond acceptors (Lipinski definition) is 1. The topological polar surface area (TPSA) is 17.1 Å². The molecule has 0 aromatic heterocycles. The highest BCUT2D eigenvalue weighted by Crippen LogP contribution is 2.19. The fourth-order valence-electron chi connectivity index (χ4n) is 2.13. The van der Waals surface area contributed by atoms with E-state index < -0.39 is 5.82 Å². The number of carbonyl (C=O) groups is 1. The predicted octanol–water partition coefficient (Wildman–Crippen LogP) is 4.86. The summed E-state index contributed by atoms with van der Waals surface area (Å²) in [5.41, 5.74) is 2.49. The van der Waals surface area contributed by atoms with Crippen LogP contribution in [0.15, 0.2) is 42.5 Å². The number of rotatable bonds is 5. The molecule has 20 heavy (non-hydrogen) atoms. The van der Waals surface area contributed by atoms with E-state index in [-0.39, 0.29) is 12.2 Å². The lowest BCUT2D eigenvalue weighted by molar-refractivity contribution is 0.0993. The van der Waals surface area contributed by atoms with Crippen LogP contribution in [0.3, 0.4) is 0 Å². The average molecular weight is 291 g/mol. The highest BCUT2D eigenvalue weighted by Gasteiger charge is 2.10. The maximum Gasteiger partial charge on any atom is 0.167 e. The minimum absolute atomic E-state index is 0.00328. The van der Waals surface area contributed by atoms with Crippen LogP contribution in [-0.4, -0.2) is 5.78 Å². The van der Waals surface area contributed by atoms with Crippen molar-refractivity contribution >= 4 is 17.4 Å². The van der Waals surface area contributed by atoms with Gasteiger partial charge in [-0.15, -0.1) is 0 Å². The zero-order valence-electron chi connectivity index (χ0n) is 11.3. The molecule has 0 fully saturated rings. The smallest absolute Gasteiger partial charge is 0.167 e. The van der Waals surface area contributed by atoms with Crippen LogP contribution in [0.4, 0.5) is 4.39 Å². The third kappa shape index (κ3) is 3.67. The molecular formula is C17H16ClFO.